The summed E-state index contributed by atoms with van der Waals surface area (Å²) in [6, 6.07) is 0. The van der Waals surface area contributed by atoms with Gasteiger partial charge in [-0.3, -0.25) is 0 Å². The van der Waals surface area contributed by atoms with Crippen molar-refractivity contribution in [2.75, 3.05) is 18.0 Å². The molecule has 1 fully saturated rings. The lowest BCUT2D eigenvalue weighted by atomic mass is 9.84. The molecule has 2 heterocycles. The molecule has 3 nitrogen and oxygen atoms in total. The van der Waals surface area contributed by atoms with Gasteiger partial charge in [-0.05, 0) is 24.2 Å². The van der Waals surface area contributed by atoms with Gasteiger partial charge in [-0.2, -0.15) is 0 Å². The molecule has 0 aliphatic carbocycles. The van der Waals surface area contributed by atoms with Crippen LogP contribution in [0.2, 0.25) is 0 Å². The van der Waals surface area contributed by atoms with E-state index in [1.165, 1.54) is 12.8 Å². The Bertz CT molecular complexity index is 412. The molecule has 0 aromatic carbocycles. The molecule has 18 heavy (non-hydrogen) atoms. The second-order valence-electron chi connectivity index (χ2n) is 6.31. The van der Waals surface area contributed by atoms with E-state index in [2.05, 4.69) is 32.6 Å². The number of hydrogen-bond donors (Lipinski definition) is 1. The molecule has 1 aromatic heterocycles. The first-order chi connectivity index (χ1) is 8.43. The summed E-state index contributed by atoms with van der Waals surface area (Å²) in [4.78, 5) is 8.17. The van der Waals surface area contributed by atoms with Crippen molar-refractivity contribution in [3.05, 3.63) is 10.6 Å². The normalized spacial score (nSPS) is 19.6. The van der Waals surface area contributed by atoms with Crippen LogP contribution in [0, 0.1) is 5.41 Å². The molecule has 0 saturated carbocycles. The van der Waals surface area contributed by atoms with Crippen LogP contribution in [0.3, 0.4) is 0 Å². The van der Waals surface area contributed by atoms with Crippen LogP contribution in [-0.4, -0.2) is 23.2 Å². The van der Waals surface area contributed by atoms with Crippen molar-refractivity contribution in [2.45, 2.75) is 53.1 Å². The molecule has 102 valence electrons. The number of nitrogens with zero attached hydrogens (tertiary/aromatic N) is 2. The van der Waals surface area contributed by atoms with Crippen LogP contribution in [-0.2, 0) is 6.61 Å². The molecule has 0 bridgehead atoms. The lowest BCUT2D eigenvalue weighted by Gasteiger charge is -2.37. The topological polar surface area (TPSA) is 36.4 Å². The van der Waals surface area contributed by atoms with E-state index in [-0.39, 0.29) is 6.61 Å². The minimum absolute atomic E-state index is 0.114. The van der Waals surface area contributed by atoms with E-state index in [0.29, 0.717) is 11.3 Å². The Morgan fingerprint density at radius 3 is 2.67 bits per heavy atom. The monoisotopic (exact) mass is 268 g/mol. The summed E-state index contributed by atoms with van der Waals surface area (Å²) in [5.74, 6) is 0.384. The third kappa shape index (κ3) is 2.86. The summed E-state index contributed by atoms with van der Waals surface area (Å²) in [5.41, 5.74) is 1.45. The third-order valence-electron chi connectivity index (χ3n) is 3.58. The SMILES string of the molecule is CC(C)c1nc(N2CCCC(C)(C)C2)sc1CO. The van der Waals surface area contributed by atoms with E-state index in [1.54, 1.807) is 11.3 Å². The van der Waals surface area contributed by atoms with Crippen molar-refractivity contribution < 1.29 is 5.11 Å². The van der Waals surface area contributed by atoms with Crippen molar-refractivity contribution in [1.82, 2.24) is 4.98 Å². The van der Waals surface area contributed by atoms with Crippen LogP contribution >= 0.6 is 11.3 Å². The Morgan fingerprint density at radius 1 is 1.44 bits per heavy atom. The molecule has 0 atom stereocenters. The number of piperidine rings is 1. The largest absolute Gasteiger partial charge is 0.391 e. The van der Waals surface area contributed by atoms with E-state index in [0.717, 1.165) is 28.8 Å². The Balaban J connectivity index is 2.23. The molecule has 1 aliphatic rings. The van der Waals surface area contributed by atoms with Gasteiger partial charge in [0.15, 0.2) is 5.13 Å². The first-order valence-corrected chi connectivity index (χ1v) is 7.60. The lowest BCUT2D eigenvalue weighted by Crippen LogP contribution is -2.40. The van der Waals surface area contributed by atoms with Gasteiger partial charge in [-0.15, -0.1) is 0 Å². The number of anilines is 1. The number of rotatable bonds is 3. The second-order valence-corrected chi connectivity index (χ2v) is 7.37. The van der Waals surface area contributed by atoms with Gasteiger partial charge in [0.1, 0.15) is 0 Å². The fourth-order valence-electron chi connectivity index (χ4n) is 2.64. The van der Waals surface area contributed by atoms with Gasteiger partial charge in [-0.25, -0.2) is 4.98 Å². The maximum Gasteiger partial charge on any atom is 0.185 e. The van der Waals surface area contributed by atoms with E-state index in [4.69, 9.17) is 4.98 Å². The molecule has 4 heteroatoms. The predicted molar refractivity (Wildman–Crippen MR) is 77.4 cm³/mol. The van der Waals surface area contributed by atoms with E-state index in [9.17, 15) is 5.11 Å². The molecule has 0 radical (unpaired) electrons. The van der Waals surface area contributed by atoms with Gasteiger partial charge in [0.25, 0.3) is 0 Å². The molecule has 1 saturated heterocycles. The Morgan fingerprint density at radius 2 is 2.17 bits per heavy atom. The van der Waals surface area contributed by atoms with E-state index >= 15 is 0 Å². The number of aromatic nitrogens is 1. The lowest BCUT2D eigenvalue weighted by molar-refractivity contribution is 0.283. The fourth-order valence-corrected chi connectivity index (χ4v) is 3.74. The molecule has 1 aromatic rings. The zero-order valence-electron chi connectivity index (χ0n) is 11.9. The molecule has 1 N–H and O–H groups in total. The predicted octanol–water partition coefficient (Wildman–Crippen LogP) is 3.39. The van der Waals surface area contributed by atoms with Crippen LogP contribution in [0.1, 0.15) is 57.0 Å². The highest BCUT2D eigenvalue weighted by molar-refractivity contribution is 7.15. The Kier molecular flexibility index (Phi) is 3.97. The standard InChI is InChI=1S/C14H24N2OS/c1-10(2)12-11(8-17)18-13(15-12)16-7-5-6-14(3,4)9-16/h10,17H,5-9H2,1-4H3. The van der Waals surface area contributed by atoms with E-state index < -0.39 is 0 Å². The summed E-state index contributed by atoms with van der Waals surface area (Å²) >= 11 is 1.66. The quantitative estimate of drug-likeness (QED) is 0.913. The summed E-state index contributed by atoms with van der Waals surface area (Å²) in [6.07, 6.45) is 2.52. The second kappa shape index (κ2) is 5.17. The minimum atomic E-state index is 0.114. The van der Waals surface area contributed by atoms with Gasteiger partial charge < -0.3 is 10.0 Å². The molecule has 2 rings (SSSR count). The zero-order valence-corrected chi connectivity index (χ0v) is 12.7. The highest BCUT2D eigenvalue weighted by Crippen LogP contribution is 2.36. The Labute approximate surface area is 114 Å². The summed E-state index contributed by atoms with van der Waals surface area (Å²) in [7, 11) is 0. The highest BCUT2D eigenvalue weighted by Gasteiger charge is 2.28. The van der Waals surface area contributed by atoms with Crippen molar-refractivity contribution in [3.63, 3.8) is 0 Å². The zero-order chi connectivity index (χ0) is 13.3. The van der Waals surface area contributed by atoms with Gasteiger partial charge in [0, 0.05) is 13.1 Å². The average molecular weight is 268 g/mol. The summed E-state index contributed by atoms with van der Waals surface area (Å²) in [5, 5.41) is 10.5. The number of thiazole rings is 1. The molecule has 0 amide bonds. The molecule has 0 unspecified atom stereocenters. The maximum absolute atomic E-state index is 9.43. The van der Waals surface area contributed by atoms with Gasteiger partial charge in [0.05, 0.1) is 17.2 Å². The van der Waals surface area contributed by atoms with Crippen LogP contribution in [0.5, 0.6) is 0 Å². The van der Waals surface area contributed by atoms with Crippen molar-refractivity contribution >= 4 is 16.5 Å². The van der Waals surface area contributed by atoms with Crippen LogP contribution < -0.4 is 4.90 Å². The van der Waals surface area contributed by atoms with Crippen LogP contribution in [0.15, 0.2) is 0 Å². The minimum Gasteiger partial charge on any atom is -0.391 e. The first-order valence-electron chi connectivity index (χ1n) is 6.78. The fraction of sp³-hybridized carbons (Fsp3) is 0.786. The molecule has 1 aliphatic heterocycles. The molecular formula is C14H24N2OS. The van der Waals surface area contributed by atoms with Gasteiger partial charge >= 0.3 is 0 Å². The van der Waals surface area contributed by atoms with Crippen LogP contribution in [0.4, 0.5) is 5.13 Å². The van der Waals surface area contributed by atoms with E-state index in [1.807, 2.05) is 0 Å². The first kappa shape index (κ1) is 13.8. The average Bonchev–Trinajstić information content (AvgIpc) is 2.71. The summed E-state index contributed by atoms with van der Waals surface area (Å²) < 4.78 is 0. The highest BCUT2D eigenvalue weighted by atomic mass is 32.1. The number of aliphatic hydroxyl groups excluding tert-OH is 1. The Hall–Kier alpha value is -0.610. The molecule has 0 spiro atoms. The molecular weight excluding hydrogens is 244 g/mol. The van der Waals surface area contributed by atoms with Crippen LogP contribution in [0.25, 0.3) is 0 Å². The summed E-state index contributed by atoms with van der Waals surface area (Å²) in [6.45, 7) is 11.2. The van der Waals surface area contributed by atoms with Gasteiger partial charge in [0.2, 0.25) is 0 Å². The van der Waals surface area contributed by atoms with Crippen molar-refractivity contribution in [2.24, 2.45) is 5.41 Å². The smallest absolute Gasteiger partial charge is 0.185 e. The van der Waals surface area contributed by atoms with Crippen molar-refractivity contribution in [1.29, 1.82) is 0 Å². The maximum atomic E-state index is 9.43. The third-order valence-corrected chi connectivity index (χ3v) is 4.69. The number of aliphatic hydroxyl groups is 1. The number of hydrogen-bond acceptors (Lipinski definition) is 4. The van der Waals surface area contributed by atoms with Gasteiger partial charge in [-0.1, -0.05) is 39.0 Å². The van der Waals surface area contributed by atoms with Crippen molar-refractivity contribution in [3.8, 4) is 0 Å².